The molecule has 0 unspecified atom stereocenters. The fourth-order valence-electron chi connectivity index (χ4n) is 0.123. The van der Waals surface area contributed by atoms with Gasteiger partial charge >= 0.3 is 5.97 Å². The lowest BCUT2D eigenvalue weighted by molar-refractivity contribution is -0.145. The van der Waals surface area contributed by atoms with E-state index in [1.54, 1.807) is 0 Å². The van der Waals surface area contributed by atoms with Gasteiger partial charge in [0.2, 0.25) is 0 Å². The Kier molecular flexibility index (Phi) is 12.5. The molecule has 0 heterocycles. The van der Waals surface area contributed by atoms with Crippen LogP contribution in [0.4, 0.5) is 0 Å². The number of aliphatic hydroxyl groups is 1. The standard InChI is InChI=1S/C4H6O3.C2H6/c1-2-4(6)7-3-5;1-2/h2,5H,1,3H2;1-2H3. The molecule has 0 bridgehead atoms. The fraction of sp³-hybridized carbons (Fsp3) is 0.500. The number of ether oxygens (including phenoxy) is 1. The molecule has 0 aliphatic rings. The van der Waals surface area contributed by atoms with Crippen molar-refractivity contribution in [2.75, 3.05) is 6.79 Å². The van der Waals surface area contributed by atoms with Crippen molar-refractivity contribution in [1.82, 2.24) is 0 Å². The lowest BCUT2D eigenvalue weighted by Gasteiger charge is -1.89. The molecule has 0 aromatic heterocycles. The maximum atomic E-state index is 9.91. The predicted molar refractivity (Wildman–Crippen MR) is 34.7 cm³/mol. The van der Waals surface area contributed by atoms with Crippen LogP contribution in [0.1, 0.15) is 13.8 Å². The van der Waals surface area contributed by atoms with Crippen LogP contribution in [0.3, 0.4) is 0 Å². The molecule has 0 saturated heterocycles. The van der Waals surface area contributed by atoms with Gasteiger partial charge in [0.15, 0.2) is 6.79 Å². The van der Waals surface area contributed by atoms with Crippen LogP contribution < -0.4 is 0 Å². The minimum absolute atomic E-state index is 0.579. The average Bonchev–Trinajstić information content (AvgIpc) is 1.93. The van der Waals surface area contributed by atoms with Gasteiger partial charge in [0, 0.05) is 6.08 Å². The number of aliphatic hydroxyl groups excluding tert-OH is 1. The van der Waals surface area contributed by atoms with E-state index in [1.807, 2.05) is 13.8 Å². The minimum atomic E-state index is -0.609. The Morgan fingerprint density at radius 2 is 2.22 bits per heavy atom. The van der Waals surface area contributed by atoms with Crippen LogP contribution in [0, 0.1) is 0 Å². The van der Waals surface area contributed by atoms with Crippen LogP contribution in [-0.4, -0.2) is 17.9 Å². The molecule has 3 heteroatoms. The van der Waals surface area contributed by atoms with E-state index in [1.165, 1.54) is 0 Å². The highest BCUT2D eigenvalue weighted by molar-refractivity contribution is 5.81. The van der Waals surface area contributed by atoms with Gasteiger partial charge in [-0.15, -0.1) is 0 Å². The molecule has 0 aromatic rings. The Bertz CT molecular complexity index is 78.4. The van der Waals surface area contributed by atoms with E-state index in [9.17, 15) is 4.79 Å². The lowest BCUT2D eigenvalue weighted by atomic mass is 10.7. The van der Waals surface area contributed by atoms with Gasteiger partial charge in [-0.05, 0) is 0 Å². The van der Waals surface area contributed by atoms with Crippen molar-refractivity contribution < 1.29 is 14.6 Å². The zero-order chi connectivity index (χ0) is 7.70. The quantitative estimate of drug-likeness (QED) is 0.341. The molecule has 3 nitrogen and oxygen atoms in total. The molecule has 0 amide bonds. The molecule has 0 radical (unpaired) electrons. The van der Waals surface area contributed by atoms with E-state index in [2.05, 4.69) is 11.3 Å². The number of rotatable bonds is 2. The highest BCUT2D eigenvalue weighted by atomic mass is 16.6. The Morgan fingerprint density at radius 3 is 2.33 bits per heavy atom. The van der Waals surface area contributed by atoms with Gasteiger partial charge in [-0.2, -0.15) is 0 Å². The van der Waals surface area contributed by atoms with E-state index in [-0.39, 0.29) is 0 Å². The Labute approximate surface area is 54.9 Å². The molecule has 0 aromatic carbocycles. The SMILES string of the molecule is C=CC(=O)OCO.CC. The Morgan fingerprint density at radius 1 is 1.78 bits per heavy atom. The van der Waals surface area contributed by atoms with Crippen molar-refractivity contribution >= 4 is 5.97 Å². The summed E-state index contributed by atoms with van der Waals surface area (Å²) in [6.07, 6.45) is 0.982. The number of esters is 1. The Hall–Kier alpha value is -0.830. The highest BCUT2D eigenvalue weighted by Crippen LogP contribution is 1.72. The summed E-state index contributed by atoms with van der Waals surface area (Å²) in [4.78, 5) is 9.91. The van der Waals surface area contributed by atoms with Crippen molar-refractivity contribution in [3.05, 3.63) is 12.7 Å². The summed E-state index contributed by atoms with van der Waals surface area (Å²) >= 11 is 0. The molecular formula is C6H12O3. The lowest BCUT2D eigenvalue weighted by Crippen LogP contribution is -1.99. The maximum absolute atomic E-state index is 9.91. The van der Waals surface area contributed by atoms with Crippen LogP contribution in [-0.2, 0) is 9.53 Å². The molecule has 54 valence electrons. The number of hydrogen-bond acceptors (Lipinski definition) is 3. The molecule has 0 fully saturated rings. The predicted octanol–water partition coefficient (Wildman–Crippen LogP) is 0.692. The van der Waals surface area contributed by atoms with E-state index >= 15 is 0 Å². The third kappa shape index (κ3) is 11.0. The van der Waals surface area contributed by atoms with Crippen LogP contribution in [0.15, 0.2) is 12.7 Å². The van der Waals surface area contributed by atoms with E-state index in [0.29, 0.717) is 0 Å². The highest BCUT2D eigenvalue weighted by Gasteiger charge is 1.87. The fourth-order valence-corrected chi connectivity index (χ4v) is 0.123. The first-order valence-corrected chi connectivity index (χ1v) is 2.71. The molecule has 0 rings (SSSR count). The molecule has 0 spiro atoms. The molecule has 1 N–H and O–H groups in total. The molecule has 0 aliphatic carbocycles. The summed E-state index contributed by atoms with van der Waals surface area (Å²) in [5.74, 6) is -0.609. The smallest absolute Gasteiger partial charge is 0.332 e. The maximum Gasteiger partial charge on any atom is 0.332 e. The largest absolute Gasteiger partial charge is 0.436 e. The summed E-state index contributed by atoms with van der Waals surface area (Å²) in [6.45, 7) is 6.52. The number of hydrogen-bond donors (Lipinski definition) is 1. The summed E-state index contributed by atoms with van der Waals surface area (Å²) in [7, 11) is 0. The van der Waals surface area contributed by atoms with Gasteiger partial charge in [0.25, 0.3) is 0 Å². The molecule has 0 saturated carbocycles. The van der Waals surface area contributed by atoms with Gasteiger partial charge in [0.1, 0.15) is 0 Å². The molecule has 0 aliphatic heterocycles. The average molecular weight is 132 g/mol. The molecule has 0 atom stereocenters. The summed E-state index contributed by atoms with van der Waals surface area (Å²) in [5, 5.41) is 7.88. The van der Waals surface area contributed by atoms with Crippen molar-refractivity contribution in [3.8, 4) is 0 Å². The van der Waals surface area contributed by atoms with Crippen LogP contribution >= 0.6 is 0 Å². The molecular weight excluding hydrogens is 120 g/mol. The first-order valence-electron chi connectivity index (χ1n) is 2.71. The van der Waals surface area contributed by atoms with Crippen molar-refractivity contribution in [2.24, 2.45) is 0 Å². The Balaban J connectivity index is 0. The van der Waals surface area contributed by atoms with Gasteiger partial charge < -0.3 is 9.84 Å². The van der Waals surface area contributed by atoms with Crippen molar-refractivity contribution in [3.63, 3.8) is 0 Å². The van der Waals surface area contributed by atoms with E-state index in [0.717, 1.165) is 6.08 Å². The normalized spacial score (nSPS) is 6.56. The number of carbonyl (C=O) groups is 1. The second kappa shape index (κ2) is 10.2. The summed E-state index contributed by atoms with van der Waals surface area (Å²) in [5.41, 5.74) is 0. The van der Waals surface area contributed by atoms with Gasteiger partial charge in [-0.1, -0.05) is 20.4 Å². The topological polar surface area (TPSA) is 46.5 Å². The second-order valence-electron chi connectivity index (χ2n) is 0.797. The first kappa shape index (κ1) is 11.0. The second-order valence-corrected chi connectivity index (χ2v) is 0.797. The number of carbonyl (C=O) groups excluding carboxylic acids is 1. The third-order valence-electron chi connectivity index (χ3n) is 0.373. The first-order chi connectivity index (χ1) is 4.31. The van der Waals surface area contributed by atoms with E-state index in [4.69, 9.17) is 5.11 Å². The summed E-state index contributed by atoms with van der Waals surface area (Å²) < 4.78 is 3.99. The third-order valence-corrected chi connectivity index (χ3v) is 0.373. The van der Waals surface area contributed by atoms with Gasteiger partial charge in [0.05, 0.1) is 0 Å². The van der Waals surface area contributed by atoms with Crippen molar-refractivity contribution in [1.29, 1.82) is 0 Å². The molecule has 9 heavy (non-hydrogen) atoms. The zero-order valence-corrected chi connectivity index (χ0v) is 5.76. The monoisotopic (exact) mass is 132 g/mol. The van der Waals surface area contributed by atoms with E-state index < -0.39 is 12.8 Å². The van der Waals surface area contributed by atoms with Crippen LogP contribution in [0.2, 0.25) is 0 Å². The van der Waals surface area contributed by atoms with Crippen LogP contribution in [0.5, 0.6) is 0 Å². The van der Waals surface area contributed by atoms with Crippen LogP contribution in [0.25, 0.3) is 0 Å². The van der Waals surface area contributed by atoms with Gasteiger partial charge in [-0.25, -0.2) is 4.79 Å². The van der Waals surface area contributed by atoms with Crippen molar-refractivity contribution in [2.45, 2.75) is 13.8 Å². The zero-order valence-electron chi connectivity index (χ0n) is 5.76. The van der Waals surface area contributed by atoms with Gasteiger partial charge in [-0.3, -0.25) is 0 Å². The minimum Gasteiger partial charge on any atom is -0.436 e. The summed E-state index contributed by atoms with van der Waals surface area (Å²) in [6, 6.07) is 0.